The van der Waals surface area contributed by atoms with Crippen LogP contribution in [0.2, 0.25) is 0 Å². The Kier molecular flexibility index (Phi) is 4.31. The predicted molar refractivity (Wildman–Crippen MR) is 82.8 cm³/mol. The number of ether oxygens (including phenoxy) is 1. The Labute approximate surface area is 124 Å². The van der Waals surface area contributed by atoms with Gasteiger partial charge in [-0.2, -0.15) is 0 Å². The molecular formula is C16H21N3O2. The van der Waals surface area contributed by atoms with Gasteiger partial charge in [-0.25, -0.2) is 9.78 Å². The number of aryl methyl sites for hydroxylation is 1. The lowest BCUT2D eigenvalue weighted by molar-refractivity contribution is 0.0521. The van der Waals surface area contributed by atoms with Gasteiger partial charge in [-0.3, -0.25) is 4.57 Å². The summed E-state index contributed by atoms with van der Waals surface area (Å²) >= 11 is 0. The summed E-state index contributed by atoms with van der Waals surface area (Å²) in [5.41, 5.74) is 8.37. The zero-order valence-electron chi connectivity index (χ0n) is 12.9. The standard InChI is InChI=1S/C16H21N3O2/c1-5-21-16(20)14-15(17)19(11(4)18-14)13-8-6-7-12(9-13)10(2)3/h6-10H,5,17H2,1-4H3. The molecule has 0 saturated heterocycles. The Hall–Kier alpha value is -2.30. The summed E-state index contributed by atoms with van der Waals surface area (Å²) in [4.78, 5) is 16.1. The van der Waals surface area contributed by atoms with Gasteiger partial charge < -0.3 is 10.5 Å². The zero-order chi connectivity index (χ0) is 15.6. The zero-order valence-corrected chi connectivity index (χ0v) is 12.9. The van der Waals surface area contributed by atoms with Crippen LogP contribution in [0.4, 0.5) is 5.82 Å². The van der Waals surface area contributed by atoms with Crippen LogP contribution >= 0.6 is 0 Å². The van der Waals surface area contributed by atoms with Crippen LogP contribution in [0.3, 0.4) is 0 Å². The number of rotatable bonds is 4. The maximum Gasteiger partial charge on any atom is 0.360 e. The van der Waals surface area contributed by atoms with Gasteiger partial charge in [0, 0.05) is 5.69 Å². The van der Waals surface area contributed by atoms with Crippen molar-refractivity contribution in [1.82, 2.24) is 9.55 Å². The second-order valence-electron chi connectivity index (χ2n) is 5.20. The molecule has 0 fully saturated rings. The smallest absolute Gasteiger partial charge is 0.360 e. The molecule has 0 radical (unpaired) electrons. The lowest BCUT2D eigenvalue weighted by Gasteiger charge is -2.11. The molecule has 2 rings (SSSR count). The predicted octanol–water partition coefficient (Wildman–Crippen LogP) is 3.06. The quantitative estimate of drug-likeness (QED) is 0.877. The molecule has 0 saturated carbocycles. The number of nitrogens with zero attached hydrogens (tertiary/aromatic N) is 2. The van der Waals surface area contributed by atoms with Crippen molar-refractivity contribution in [2.24, 2.45) is 0 Å². The lowest BCUT2D eigenvalue weighted by atomic mass is 10.0. The van der Waals surface area contributed by atoms with Gasteiger partial charge in [0.25, 0.3) is 0 Å². The van der Waals surface area contributed by atoms with E-state index in [9.17, 15) is 4.79 Å². The molecule has 1 aromatic heterocycles. The van der Waals surface area contributed by atoms with Crippen LogP contribution in [0.15, 0.2) is 24.3 Å². The number of imidazole rings is 1. The number of hydrogen-bond acceptors (Lipinski definition) is 4. The van der Waals surface area contributed by atoms with E-state index in [4.69, 9.17) is 10.5 Å². The maximum absolute atomic E-state index is 11.9. The molecular weight excluding hydrogens is 266 g/mol. The van der Waals surface area contributed by atoms with Crippen molar-refractivity contribution < 1.29 is 9.53 Å². The Morgan fingerprint density at radius 3 is 2.76 bits per heavy atom. The fraction of sp³-hybridized carbons (Fsp3) is 0.375. The average molecular weight is 287 g/mol. The summed E-state index contributed by atoms with van der Waals surface area (Å²) in [5.74, 6) is 0.903. The highest BCUT2D eigenvalue weighted by molar-refractivity contribution is 5.92. The van der Waals surface area contributed by atoms with Crippen LogP contribution in [-0.4, -0.2) is 22.1 Å². The number of hydrogen-bond donors (Lipinski definition) is 1. The third kappa shape index (κ3) is 2.91. The molecule has 5 nitrogen and oxygen atoms in total. The number of aromatic nitrogens is 2. The number of nitrogen functional groups attached to an aromatic ring is 1. The molecule has 0 aliphatic heterocycles. The van der Waals surface area contributed by atoms with E-state index in [0.717, 1.165) is 5.69 Å². The second kappa shape index (κ2) is 5.99. The number of benzene rings is 1. The number of anilines is 1. The summed E-state index contributed by atoms with van der Waals surface area (Å²) in [6.45, 7) is 8.14. The molecule has 0 aliphatic rings. The molecule has 21 heavy (non-hydrogen) atoms. The van der Waals surface area contributed by atoms with E-state index >= 15 is 0 Å². The minimum absolute atomic E-state index is 0.171. The molecule has 0 atom stereocenters. The van der Waals surface area contributed by atoms with Crippen LogP contribution in [-0.2, 0) is 4.74 Å². The molecule has 5 heteroatoms. The van der Waals surface area contributed by atoms with Crippen LogP contribution in [0.1, 0.15) is 48.6 Å². The SMILES string of the molecule is CCOC(=O)c1nc(C)n(-c2cccc(C(C)C)c2)c1N. The van der Waals surface area contributed by atoms with Crippen LogP contribution in [0, 0.1) is 6.92 Å². The van der Waals surface area contributed by atoms with Gasteiger partial charge in [0.05, 0.1) is 6.61 Å². The van der Waals surface area contributed by atoms with Gasteiger partial charge in [-0.1, -0.05) is 26.0 Å². The van der Waals surface area contributed by atoms with Gasteiger partial charge in [0.15, 0.2) is 5.69 Å². The lowest BCUT2D eigenvalue weighted by Crippen LogP contribution is -2.09. The molecule has 0 spiro atoms. The third-order valence-electron chi connectivity index (χ3n) is 3.34. The van der Waals surface area contributed by atoms with Crippen molar-refractivity contribution in [2.75, 3.05) is 12.3 Å². The average Bonchev–Trinajstić information content (AvgIpc) is 2.74. The summed E-state index contributed by atoms with van der Waals surface area (Å²) < 4.78 is 6.76. The first kappa shape index (κ1) is 15.1. The van der Waals surface area contributed by atoms with Gasteiger partial charge in [0.2, 0.25) is 0 Å². The first-order valence-electron chi connectivity index (χ1n) is 7.08. The second-order valence-corrected chi connectivity index (χ2v) is 5.20. The molecule has 1 heterocycles. The van der Waals surface area contributed by atoms with Gasteiger partial charge in [0.1, 0.15) is 11.6 Å². The van der Waals surface area contributed by atoms with Gasteiger partial charge in [-0.05, 0) is 37.5 Å². The molecule has 112 valence electrons. The number of carbonyl (C=O) groups is 1. The Balaban J connectivity index is 2.50. The minimum Gasteiger partial charge on any atom is -0.461 e. The molecule has 0 aliphatic carbocycles. The van der Waals surface area contributed by atoms with Crippen LogP contribution in [0.25, 0.3) is 5.69 Å². The van der Waals surface area contributed by atoms with E-state index < -0.39 is 5.97 Å². The fourth-order valence-corrected chi connectivity index (χ4v) is 2.25. The normalized spacial score (nSPS) is 10.9. The molecule has 0 bridgehead atoms. The van der Waals surface area contributed by atoms with Gasteiger partial charge >= 0.3 is 5.97 Å². The summed E-state index contributed by atoms with van der Waals surface area (Å²) in [7, 11) is 0. The van der Waals surface area contributed by atoms with E-state index in [0.29, 0.717) is 24.2 Å². The van der Waals surface area contributed by atoms with Crippen molar-refractivity contribution in [1.29, 1.82) is 0 Å². The Morgan fingerprint density at radius 1 is 1.43 bits per heavy atom. The Bertz CT molecular complexity index is 660. The van der Waals surface area contributed by atoms with Crippen LogP contribution < -0.4 is 5.73 Å². The topological polar surface area (TPSA) is 70.1 Å². The van der Waals surface area contributed by atoms with Gasteiger partial charge in [-0.15, -0.1) is 0 Å². The van der Waals surface area contributed by atoms with Crippen molar-refractivity contribution in [2.45, 2.75) is 33.6 Å². The first-order valence-corrected chi connectivity index (χ1v) is 7.08. The van der Waals surface area contributed by atoms with E-state index in [1.807, 2.05) is 19.1 Å². The van der Waals surface area contributed by atoms with Crippen molar-refractivity contribution >= 4 is 11.8 Å². The molecule has 2 aromatic rings. The molecule has 2 N–H and O–H groups in total. The Morgan fingerprint density at radius 2 is 2.14 bits per heavy atom. The van der Waals surface area contributed by atoms with Crippen LogP contribution in [0.5, 0.6) is 0 Å². The highest BCUT2D eigenvalue weighted by Crippen LogP contribution is 2.24. The van der Waals surface area contributed by atoms with Crippen molar-refractivity contribution in [3.05, 3.63) is 41.3 Å². The molecule has 0 unspecified atom stereocenters. The maximum atomic E-state index is 11.9. The molecule has 0 amide bonds. The highest BCUT2D eigenvalue weighted by Gasteiger charge is 2.20. The summed E-state index contributed by atoms with van der Waals surface area (Å²) in [6, 6.07) is 8.06. The fourth-order valence-electron chi connectivity index (χ4n) is 2.25. The third-order valence-corrected chi connectivity index (χ3v) is 3.34. The van der Waals surface area contributed by atoms with E-state index in [-0.39, 0.29) is 5.69 Å². The summed E-state index contributed by atoms with van der Waals surface area (Å²) in [6.07, 6.45) is 0. The van der Waals surface area contributed by atoms with E-state index in [1.54, 1.807) is 11.5 Å². The molecule has 1 aromatic carbocycles. The van der Waals surface area contributed by atoms with Crippen molar-refractivity contribution in [3.63, 3.8) is 0 Å². The minimum atomic E-state index is -0.489. The summed E-state index contributed by atoms with van der Waals surface area (Å²) in [5, 5.41) is 0. The monoisotopic (exact) mass is 287 g/mol. The number of carbonyl (C=O) groups excluding carboxylic acids is 1. The number of nitrogens with two attached hydrogens (primary N) is 1. The van der Waals surface area contributed by atoms with E-state index in [1.165, 1.54) is 5.56 Å². The van der Waals surface area contributed by atoms with E-state index in [2.05, 4.69) is 31.0 Å². The highest BCUT2D eigenvalue weighted by atomic mass is 16.5. The first-order chi connectivity index (χ1) is 9.95. The number of esters is 1. The largest absolute Gasteiger partial charge is 0.461 e. The van der Waals surface area contributed by atoms with Crippen molar-refractivity contribution in [3.8, 4) is 5.69 Å².